The van der Waals surface area contributed by atoms with Crippen LogP contribution in [0.4, 0.5) is 0 Å². The zero-order chi connectivity index (χ0) is 14.7. The lowest BCUT2D eigenvalue weighted by Gasteiger charge is -2.32. The van der Waals surface area contributed by atoms with Crippen LogP contribution in [0.5, 0.6) is 0 Å². The number of morpholine rings is 1. The number of nitrogens with zero attached hydrogens (tertiary/aromatic N) is 2. The van der Waals surface area contributed by atoms with E-state index in [1.54, 1.807) is 0 Å². The molecule has 3 rings (SSSR count). The van der Waals surface area contributed by atoms with Gasteiger partial charge in [-0.05, 0) is 19.8 Å². The molecule has 2 unspecified atom stereocenters. The second kappa shape index (κ2) is 8.12. The molecule has 3 aliphatic rings. The molecule has 0 radical (unpaired) electrons. The van der Waals surface area contributed by atoms with Gasteiger partial charge in [0.2, 0.25) is 0 Å². The maximum atomic E-state index is 6.12. The largest absolute Gasteiger partial charge is 0.375 e. The van der Waals surface area contributed by atoms with Gasteiger partial charge in [0.15, 0.2) is 11.7 Å². The first-order valence-corrected chi connectivity index (χ1v) is 8.15. The van der Waals surface area contributed by atoms with E-state index in [1.165, 1.54) is 19.3 Å². The number of hydrogen-bond acceptors (Lipinski definition) is 4. The van der Waals surface area contributed by atoms with Crippen LogP contribution < -0.4 is 5.73 Å². The number of ether oxygens (including phenoxy) is 3. The van der Waals surface area contributed by atoms with Crippen molar-refractivity contribution in [2.45, 2.75) is 57.0 Å². The van der Waals surface area contributed by atoms with Crippen LogP contribution in [0.15, 0.2) is 4.99 Å². The molecule has 22 heavy (non-hydrogen) atoms. The Balaban J connectivity index is 0.00000176. The minimum absolute atomic E-state index is 0. The first-order chi connectivity index (χ1) is 10.2. The topological polar surface area (TPSA) is 69.3 Å². The standard InChI is InChI=1S/C15H27N3O3.HI/c1-12-10-18(7-8-19-12)14(16)17-9-13-11-20-15(21-13)5-3-2-4-6-15;/h12-13H,2-11H2,1H3,(H2,16,17);1H. The molecule has 2 N–H and O–H groups in total. The molecule has 0 aromatic rings. The van der Waals surface area contributed by atoms with Crippen molar-refractivity contribution < 1.29 is 14.2 Å². The predicted molar refractivity (Wildman–Crippen MR) is 95.5 cm³/mol. The zero-order valence-corrected chi connectivity index (χ0v) is 15.7. The van der Waals surface area contributed by atoms with Crippen molar-refractivity contribution >= 4 is 29.9 Å². The van der Waals surface area contributed by atoms with Gasteiger partial charge in [-0.1, -0.05) is 6.42 Å². The zero-order valence-electron chi connectivity index (χ0n) is 13.3. The maximum absolute atomic E-state index is 6.12. The van der Waals surface area contributed by atoms with Crippen molar-refractivity contribution in [3.8, 4) is 0 Å². The summed E-state index contributed by atoms with van der Waals surface area (Å²) in [6.45, 7) is 5.60. The average Bonchev–Trinajstić information content (AvgIpc) is 2.88. The van der Waals surface area contributed by atoms with Crippen molar-refractivity contribution in [2.75, 3.05) is 32.8 Å². The van der Waals surface area contributed by atoms with Crippen molar-refractivity contribution in [3.05, 3.63) is 0 Å². The minimum Gasteiger partial charge on any atom is -0.375 e. The third-order valence-corrected chi connectivity index (χ3v) is 4.55. The van der Waals surface area contributed by atoms with Gasteiger partial charge in [0, 0.05) is 25.9 Å². The van der Waals surface area contributed by atoms with E-state index in [9.17, 15) is 0 Å². The molecule has 7 heteroatoms. The first-order valence-electron chi connectivity index (χ1n) is 8.15. The summed E-state index contributed by atoms with van der Waals surface area (Å²) in [4.78, 5) is 6.59. The minimum atomic E-state index is -0.319. The summed E-state index contributed by atoms with van der Waals surface area (Å²) in [5.74, 6) is 0.277. The van der Waals surface area contributed by atoms with Crippen LogP contribution in [0.2, 0.25) is 0 Å². The predicted octanol–water partition coefficient (Wildman–Crippen LogP) is 1.72. The Kier molecular flexibility index (Phi) is 6.73. The van der Waals surface area contributed by atoms with Gasteiger partial charge in [-0.3, -0.25) is 4.99 Å². The van der Waals surface area contributed by atoms with Gasteiger partial charge < -0.3 is 24.8 Å². The molecule has 0 aromatic carbocycles. The summed E-state index contributed by atoms with van der Waals surface area (Å²) in [6.07, 6.45) is 5.98. The Hall–Kier alpha value is -0.120. The van der Waals surface area contributed by atoms with Crippen LogP contribution in [-0.4, -0.2) is 61.7 Å². The molecule has 1 saturated carbocycles. The molecule has 3 fully saturated rings. The summed E-state index contributed by atoms with van der Waals surface area (Å²) in [5, 5.41) is 0. The van der Waals surface area contributed by atoms with E-state index in [4.69, 9.17) is 19.9 Å². The van der Waals surface area contributed by atoms with Crippen LogP contribution >= 0.6 is 24.0 Å². The van der Waals surface area contributed by atoms with Crippen LogP contribution in [0.3, 0.4) is 0 Å². The quantitative estimate of drug-likeness (QED) is 0.415. The number of aliphatic imine (C=N–C) groups is 1. The number of halogens is 1. The third-order valence-electron chi connectivity index (χ3n) is 4.55. The van der Waals surface area contributed by atoms with Gasteiger partial charge in [-0.25, -0.2) is 0 Å². The van der Waals surface area contributed by atoms with E-state index in [2.05, 4.69) is 16.8 Å². The molecule has 2 aliphatic heterocycles. The van der Waals surface area contributed by atoms with E-state index in [-0.39, 0.29) is 42.0 Å². The van der Waals surface area contributed by atoms with Crippen LogP contribution in [0.1, 0.15) is 39.0 Å². The smallest absolute Gasteiger partial charge is 0.191 e. The van der Waals surface area contributed by atoms with Crippen LogP contribution in [-0.2, 0) is 14.2 Å². The van der Waals surface area contributed by atoms with E-state index >= 15 is 0 Å². The normalized spacial score (nSPS) is 32.0. The Morgan fingerprint density at radius 1 is 1.32 bits per heavy atom. The fraction of sp³-hybridized carbons (Fsp3) is 0.933. The fourth-order valence-electron chi connectivity index (χ4n) is 3.38. The van der Waals surface area contributed by atoms with Crippen molar-refractivity contribution in [2.24, 2.45) is 10.7 Å². The molecule has 1 aliphatic carbocycles. The van der Waals surface area contributed by atoms with Gasteiger partial charge in [0.25, 0.3) is 0 Å². The Morgan fingerprint density at radius 2 is 2.09 bits per heavy atom. The molecule has 2 heterocycles. The number of hydrogen-bond donors (Lipinski definition) is 1. The SMILES string of the molecule is CC1CN(C(N)=NCC2COC3(CCCCC3)O2)CCO1.I. The Bertz CT molecular complexity index is 388. The lowest BCUT2D eigenvalue weighted by molar-refractivity contribution is -0.186. The highest BCUT2D eigenvalue weighted by Crippen LogP contribution is 2.37. The summed E-state index contributed by atoms with van der Waals surface area (Å²) in [7, 11) is 0. The van der Waals surface area contributed by atoms with Gasteiger partial charge >= 0.3 is 0 Å². The molecule has 128 valence electrons. The number of guanidine groups is 1. The summed E-state index contributed by atoms with van der Waals surface area (Å²) >= 11 is 0. The molecule has 2 saturated heterocycles. The van der Waals surface area contributed by atoms with E-state index in [0.29, 0.717) is 25.7 Å². The number of rotatable bonds is 2. The van der Waals surface area contributed by atoms with Crippen molar-refractivity contribution in [3.63, 3.8) is 0 Å². The van der Waals surface area contributed by atoms with E-state index in [1.807, 2.05) is 0 Å². The second-order valence-electron chi connectivity index (χ2n) is 6.35. The molecule has 2 atom stereocenters. The van der Waals surface area contributed by atoms with Crippen molar-refractivity contribution in [1.82, 2.24) is 4.90 Å². The molecule has 6 nitrogen and oxygen atoms in total. The highest BCUT2D eigenvalue weighted by atomic mass is 127. The molecular formula is C15H28IN3O3. The second-order valence-corrected chi connectivity index (χ2v) is 6.35. The molecule has 1 spiro atoms. The highest BCUT2D eigenvalue weighted by molar-refractivity contribution is 14.0. The van der Waals surface area contributed by atoms with Gasteiger partial charge in [0.05, 0.1) is 25.9 Å². The molecule has 0 amide bonds. The van der Waals surface area contributed by atoms with Crippen LogP contribution in [0.25, 0.3) is 0 Å². The molecular weight excluding hydrogens is 397 g/mol. The lowest BCUT2D eigenvalue weighted by Crippen LogP contribution is -2.48. The van der Waals surface area contributed by atoms with Gasteiger partial charge in [-0.2, -0.15) is 0 Å². The number of nitrogens with two attached hydrogens (primary N) is 1. The monoisotopic (exact) mass is 425 g/mol. The first kappa shape index (κ1) is 18.2. The van der Waals surface area contributed by atoms with E-state index in [0.717, 1.165) is 25.9 Å². The fourth-order valence-corrected chi connectivity index (χ4v) is 3.38. The van der Waals surface area contributed by atoms with Crippen molar-refractivity contribution in [1.29, 1.82) is 0 Å². The van der Waals surface area contributed by atoms with E-state index < -0.39 is 0 Å². The maximum Gasteiger partial charge on any atom is 0.191 e. The summed E-state index contributed by atoms with van der Waals surface area (Å²) in [6, 6.07) is 0. The molecule has 0 aromatic heterocycles. The Labute approximate surface area is 149 Å². The third kappa shape index (κ3) is 4.46. The average molecular weight is 425 g/mol. The lowest BCUT2D eigenvalue weighted by atomic mass is 9.94. The Morgan fingerprint density at radius 3 is 2.82 bits per heavy atom. The molecule has 0 bridgehead atoms. The highest BCUT2D eigenvalue weighted by Gasteiger charge is 2.42. The summed E-state index contributed by atoms with van der Waals surface area (Å²) < 4.78 is 17.6. The van der Waals surface area contributed by atoms with Gasteiger partial charge in [0.1, 0.15) is 6.10 Å². The van der Waals surface area contributed by atoms with Gasteiger partial charge in [-0.15, -0.1) is 24.0 Å². The van der Waals surface area contributed by atoms with Crippen LogP contribution in [0, 0.1) is 0 Å². The summed E-state index contributed by atoms with van der Waals surface area (Å²) in [5.41, 5.74) is 6.08.